The zero-order valence-corrected chi connectivity index (χ0v) is 22.5. The summed E-state index contributed by atoms with van der Waals surface area (Å²) in [7, 11) is 9.78. The van der Waals surface area contributed by atoms with Gasteiger partial charge in [-0.3, -0.25) is 0 Å². The topological polar surface area (TPSA) is 0 Å². The minimum absolute atomic E-state index is 0.156. The van der Waals surface area contributed by atoms with E-state index in [1.165, 1.54) is 52.7 Å². The number of halogens is 2. The van der Waals surface area contributed by atoms with Gasteiger partial charge in [0.05, 0.1) is 0 Å². The number of rotatable bonds is 1. The summed E-state index contributed by atoms with van der Waals surface area (Å²) >= 11 is -0.556. The van der Waals surface area contributed by atoms with Gasteiger partial charge in [-0.15, -0.1) is 0 Å². The maximum atomic E-state index is 4.89. The molecule has 3 heteroatoms. The molecule has 0 saturated heterocycles. The Morgan fingerprint density at radius 2 is 1.37 bits per heavy atom. The van der Waals surface area contributed by atoms with Gasteiger partial charge in [0.25, 0.3) is 0 Å². The molecule has 2 aliphatic rings. The molecule has 0 atom stereocenters. The zero-order valence-electron chi connectivity index (χ0n) is 19.5. The average Bonchev–Trinajstić information content (AvgIpc) is 3.23. The first-order chi connectivity index (χ1) is 14.0. The summed E-state index contributed by atoms with van der Waals surface area (Å²) in [5.74, 6) is 0. The Morgan fingerprint density at radius 3 is 1.90 bits per heavy atom. The van der Waals surface area contributed by atoms with Crippen molar-refractivity contribution in [2.75, 3.05) is 0 Å². The molecule has 0 saturated carbocycles. The summed E-state index contributed by atoms with van der Waals surface area (Å²) in [4.78, 5) is 0. The van der Waals surface area contributed by atoms with E-state index in [1.54, 1.807) is 16.7 Å². The van der Waals surface area contributed by atoms with Gasteiger partial charge in [-0.25, -0.2) is 0 Å². The first kappa shape index (κ1) is 24.1. The fraction of sp³-hybridized carbons (Fsp3) is 0.481. The van der Waals surface area contributed by atoms with Crippen molar-refractivity contribution >= 4 is 24.7 Å². The summed E-state index contributed by atoms with van der Waals surface area (Å²) < 4.78 is 0. The van der Waals surface area contributed by atoms with Crippen LogP contribution in [0.4, 0.5) is 0 Å². The molecule has 0 aliphatic heterocycles. The second kappa shape index (κ2) is 9.15. The van der Waals surface area contributed by atoms with Crippen LogP contribution in [-0.4, -0.2) is 0 Å². The van der Waals surface area contributed by atoms with E-state index < -0.39 is 17.0 Å². The van der Waals surface area contributed by atoms with Crippen LogP contribution in [0, 0.1) is 0 Å². The van der Waals surface area contributed by atoms with E-state index in [4.69, 9.17) is 18.6 Å². The molecule has 0 amide bonds. The Morgan fingerprint density at radius 1 is 0.800 bits per heavy atom. The Balaban J connectivity index is 0.000000806. The van der Waals surface area contributed by atoms with Crippen molar-refractivity contribution in [2.45, 2.75) is 85.0 Å². The van der Waals surface area contributed by atoms with Gasteiger partial charge in [-0.2, -0.15) is 0 Å². The quantitative estimate of drug-likeness (QED) is 0.360. The van der Waals surface area contributed by atoms with Crippen molar-refractivity contribution in [2.24, 2.45) is 0 Å². The van der Waals surface area contributed by atoms with Crippen LogP contribution in [0.2, 0.25) is 0 Å². The standard InChI is InChI=1S/C27H34.2ClH.Ti/c1-17-11-19-13-18-9-8-10-23(18)25(24(19)12-17)20-14-21(26(2,3)4)16-22(15-20)27(5,6)7;;;/h12-16H,8-11H2,1-7H3;2*1H;/q;;;+2/p-2. The van der Waals surface area contributed by atoms with Gasteiger partial charge in [-0.05, 0) is 87.9 Å². The van der Waals surface area contributed by atoms with Crippen LogP contribution in [0.25, 0.3) is 17.2 Å². The summed E-state index contributed by atoms with van der Waals surface area (Å²) in [6, 6.07) is 9.90. The number of aryl methyl sites for hydroxylation is 1. The van der Waals surface area contributed by atoms with Crippen molar-refractivity contribution in [3.8, 4) is 11.1 Å². The molecular formula is C27H34Cl2Ti. The predicted molar refractivity (Wildman–Crippen MR) is 130 cm³/mol. The number of hydrogen-bond donors (Lipinski definition) is 0. The fourth-order valence-electron chi connectivity index (χ4n) is 4.70. The van der Waals surface area contributed by atoms with Crippen molar-refractivity contribution in [3.63, 3.8) is 0 Å². The molecule has 2 aliphatic carbocycles. The molecule has 2 aromatic rings. The van der Waals surface area contributed by atoms with Gasteiger partial charge >= 0.3 is 35.6 Å². The van der Waals surface area contributed by atoms with E-state index in [1.807, 2.05) is 0 Å². The van der Waals surface area contributed by atoms with Crippen molar-refractivity contribution in [1.29, 1.82) is 0 Å². The van der Waals surface area contributed by atoms with Crippen LogP contribution < -0.4 is 0 Å². The van der Waals surface area contributed by atoms with E-state index >= 15 is 0 Å². The van der Waals surface area contributed by atoms with E-state index in [9.17, 15) is 0 Å². The van der Waals surface area contributed by atoms with Crippen LogP contribution in [0.3, 0.4) is 0 Å². The fourth-order valence-corrected chi connectivity index (χ4v) is 4.70. The Hall–Kier alpha value is -0.526. The van der Waals surface area contributed by atoms with Crippen LogP contribution in [0.15, 0.2) is 29.8 Å². The van der Waals surface area contributed by atoms with E-state index in [2.05, 4.69) is 78.8 Å². The number of allylic oxidation sites excluding steroid dienone is 1. The molecular weight excluding hydrogens is 443 g/mol. The van der Waals surface area contributed by atoms with Crippen LogP contribution in [0.1, 0.15) is 88.3 Å². The van der Waals surface area contributed by atoms with Gasteiger partial charge in [0.15, 0.2) is 0 Å². The van der Waals surface area contributed by atoms with Crippen LogP contribution >= 0.6 is 18.6 Å². The molecule has 4 rings (SSSR count). The first-order valence-corrected chi connectivity index (χ1v) is 15.2. The summed E-state index contributed by atoms with van der Waals surface area (Å²) in [5.41, 5.74) is 13.9. The Labute approximate surface area is 200 Å². The van der Waals surface area contributed by atoms with Crippen molar-refractivity contribution in [3.05, 3.63) is 63.2 Å². The molecule has 0 N–H and O–H groups in total. The SMILES string of the molecule is CC1=Cc2c(cc3c(c2-c2cc(C(C)(C)C)cc(C(C)(C)C)c2)CCC3)C1.[Cl][Ti][Cl]. The Bertz CT molecular complexity index is 940. The van der Waals surface area contributed by atoms with Crippen LogP contribution in [0.5, 0.6) is 0 Å². The zero-order chi connectivity index (χ0) is 22.3. The first-order valence-electron chi connectivity index (χ1n) is 10.9. The molecule has 0 nitrogen and oxygen atoms in total. The van der Waals surface area contributed by atoms with Crippen molar-refractivity contribution < 1.29 is 17.0 Å². The molecule has 0 fully saturated rings. The molecule has 0 radical (unpaired) electrons. The molecule has 0 spiro atoms. The number of fused-ring (bicyclic) bond motifs is 2. The number of hydrogen-bond acceptors (Lipinski definition) is 0. The second-order valence-electron chi connectivity index (χ2n) is 10.9. The van der Waals surface area contributed by atoms with Gasteiger partial charge in [0.1, 0.15) is 0 Å². The molecule has 2 aromatic carbocycles. The minimum atomic E-state index is -0.556. The molecule has 0 aromatic heterocycles. The summed E-state index contributed by atoms with van der Waals surface area (Å²) in [6.07, 6.45) is 7.36. The van der Waals surface area contributed by atoms with Crippen LogP contribution in [-0.2, 0) is 47.1 Å². The Kier molecular flexibility index (Phi) is 7.36. The monoisotopic (exact) mass is 476 g/mol. The summed E-state index contributed by atoms with van der Waals surface area (Å²) in [6.45, 7) is 16.3. The second-order valence-corrected chi connectivity index (χ2v) is 13.4. The predicted octanol–water partition coefficient (Wildman–Crippen LogP) is 8.77. The van der Waals surface area contributed by atoms with E-state index in [0.717, 1.165) is 6.42 Å². The molecule has 0 heterocycles. The van der Waals surface area contributed by atoms with Gasteiger partial charge < -0.3 is 0 Å². The van der Waals surface area contributed by atoms with Gasteiger partial charge in [0.2, 0.25) is 0 Å². The molecule has 30 heavy (non-hydrogen) atoms. The van der Waals surface area contributed by atoms with Gasteiger partial charge in [-0.1, -0.05) is 77.5 Å². The maximum absolute atomic E-state index is 4.89. The average molecular weight is 477 g/mol. The third kappa shape index (κ3) is 5.10. The third-order valence-electron chi connectivity index (χ3n) is 6.34. The normalized spacial score (nSPS) is 15.2. The van der Waals surface area contributed by atoms with E-state index in [-0.39, 0.29) is 10.8 Å². The van der Waals surface area contributed by atoms with E-state index in [0.29, 0.717) is 0 Å². The van der Waals surface area contributed by atoms with Gasteiger partial charge in [0, 0.05) is 0 Å². The van der Waals surface area contributed by atoms with Crippen molar-refractivity contribution in [1.82, 2.24) is 0 Å². The molecule has 0 bridgehead atoms. The molecule has 0 unspecified atom stereocenters. The third-order valence-corrected chi connectivity index (χ3v) is 6.34. The molecule has 160 valence electrons. The number of benzene rings is 2. The summed E-state index contributed by atoms with van der Waals surface area (Å²) in [5, 5.41) is 0.